The molecule has 1 spiro atoms. The first kappa shape index (κ1) is 12.9. The van der Waals surface area contributed by atoms with Crippen LogP contribution in [-0.4, -0.2) is 33.8 Å². The third kappa shape index (κ3) is 2.33. The summed E-state index contributed by atoms with van der Waals surface area (Å²) in [6.07, 6.45) is 2.75. The Kier molecular flexibility index (Phi) is 3.67. The summed E-state index contributed by atoms with van der Waals surface area (Å²) in [5.74, 6) is 2.62. The number of aryl methyl sites for hydroxylation is 1. The van der Waals surface area contributed by atoms with E-state index in [1.807, 2.05) is 24.2 Å². The third-order valence-electron chi connectivity index (χ3n) is 4.10. The van der Waals surface area contributed by atoms with Gasteiger partial charge in [0, 0.05) is 12.4 Å². The van der Waals surface area contributed by atoms with E-state index >= 15 is 0 Å². The molecule has 100 valence electrons. The highest BCUT2D eigenvalue weighted by Crippen LogP contribution is 2.44. The molecular formula is C13H19NO2S2. The first-order valence-electron chi connectivity index (χ1n) is 6.50. The van der Waals surface area contributed by atoms with E-state index in [-0.39, 0.29) is 11.7 Å². The molecule has 2 saturated heterocycles. The molecule has 0 saturated carbocycles. The monoisotopic (exact) mass is 285 g/mol. The number of thiazole rings is 1. The number of thioether (sulfide) groups is 1. The van der Waals surface area contributed by atoms with Gasteiger partial charge < -0.3 is 9.84 Å². The number of aliphatic hydroxyl groups excluding tert-OH is 1. The zero-order valence-electron chi connectivity index (χ0n) is 10.6. The number of aromatic nitrogens is 1. The van der Waals surface area contributed by atoms with Gasteiger partial charge in [0.2, 0.25) is 0 Å². The molecule has 0 radical (unpaired) electrons. The Labute approximate surface area is 116 Å². The number of hydrogen-bond acceptors (Lipinski definition) is 5. The van der Waals surface area contributed by atoms with Crippen molar-refractivity contribution in [3.8, 4) is 0 Å². The predicted octanol–water partition coefficient (Wildman–Crippen LogP) is 2.79. The Morgan fingerprint density at radius 1 is 1.61 bits per heavy atom. The van der Waals surface area contributed by atoms with Crippen LogP contribution in [0.5, 0.6) is 0 Å². The molecule has 0 bridgehead atoms. The second-order valence-electron chi connectivity index (χ2n) is 5.33. The van der Waals surface area contributed by atoms with Gasteiger partial charge in [0.05, 0.1) is 27.8 Å². The van der Waals surface area contributed by atoms with E-state index in [2.05, 4.69) is 4.98 Å². The van der Waals surface area contributed by atoms with E-state index in [1.165, 1.54) is 5.75 Å². The minimum Gasteiger partial charge on any atom is -0.387 e. The van der Waals surface area contributed by atoms with E-state index in [9.17, 15) is 5.11 Å². The summed E-state index contributed by atoms with van der Waals surface area (Å²) in [5.41, 5.74) is 2.86. The second-order valence-corrected chi connectivity index (χ2v) is 7.33. The van der Waals surface area contributed by atoms with Crippen LogP contribution in [0.4, 0.5) is 0 Å². The second kappa shape index (κ2) is 5.12. The van der Waals surface area contributed by atoms with Gasteiger partial charge >= 0.3 is 0 Å². The van der Waals surface area contributed by atoms with Gasteiger partial charge in [0.25, 0.3) is 0 Å². The van der Waals surface area contributed by atoms with Crippen molar-refractivity contribution in [3.05, 3.63) is 16.1 Å². The zero-order valence-corrected chi connectivity index (χ0v) is 12.2. The van der Waals surface area contributed by atoms with Crippen LogP contribution in [0.2, 0.25) is 0 Å². The average molecular weight is 285 g/mol. The number of aliphatic hydroxyl groups is 1. The SMILES string of the molecule is Cc1ncsc1C(O)C1CCOC2(CCSC2)C1. The van der Waals surface area contributed by atoms with Crippen molar-refractivity contribution in [1.29, 1.82) is 0 Å². The van der Waals surface area contributed by atoms with E-state index in [0.717, 1.165) is 42.2 Å². The van der Waals surface area contributed by atoms with Crippen LogP contribution in [0.3, 0.4) is 0 Å². The lowest BCUT2D eigenvalue weighted by Gasteiger charge is -2.39. The van der Waals surface area contributed by atoms with E-state index in [4.69, 9.17) is 4.74 Å². The summed E-state index contributed by atoms with van der Waals surface area (Å²) in [4.78, 5) is 5.29. The van der Waals surface area contributed by atoms with Gasteiger partial charge in [-0.3, -0.25) is 0 Å². The largest absolute Gasteiger partial charge is 0.387 e. The normalized spacial score (nSPS) is 34.0. The summed E-state index contributed by atoms with van der Waals surface area (Å²) >= 11 is 3.55. The predicted molar refractivity (Wildman–Crippen MR) is 75.2 cm³/mol. The Balaban J connectivity index is 1.74. The molecule has 18 heavy (non-hydrogen) atoms. The molecule has 3 unspecified atom stereocenters. The number of ether oxygens (including phenoxy) is 1. The first-order valence-corrected chi connectivity index (χ1v) is 8.53. The molecule has 2 aliphatic heterocycles. The lowest BCUT2D eigenvalue weighted by molar-refractivity contribution is -0.101. The Morgan fingerprint density at radius 2 is 2.50 bits per heavy atom. The van der Waals surface area contributed by atoms with Crippen molar-refractivity contribution in [2.75, 3.05) is 18.1 Å². The first-order chi connectivity index (χ1) is 8.70. The Bertz CT molecular complexity index is 415. The highest BCUT2D eigenvalue weighted by atomic mass is 32.2. The van der Waals surface area contributed by atoms with E-state index in [0.29, 0.717) is 5.92 Å². The maximum absolute atomic E-state index is 10.6. The lowest BCUT2D eigenvalue weighted by Crippen LogP contribution is -2.41. The van der Waals surface area contributed by atoms with Crippen LogP contribution in [0.15, 0.2) is 5.51 Å². The van der Waals surface area contributed by atoms with Crippen molar-refractivity contribution >= 4 is 23.1 Å². The van der Waals surface area contributed by atoms with Crippen LogP contribution in [0, 0.1) is 12.8 Å². The highest BCUT2D eigenvalue weighted by molar-refractivity contribution is 7.99. The van der Waals surface area contributed by atoms with Crippen molar-refractivity contribution in [2.45, 2.75) is 37.9 Å². The third-order valence-corrected chi connectivity index (χ3v) is 6.32. The summed E-state index contributed by atoms with van der Waals surface area (Å²) in [6.45, 7) is 2.77. The van der Waals surface area contributed by atoms with Gasteiger partial charge in [-0.15, -0.1) is 11.3 Å². The molecule has 3 rings (SSSR count). The molecule has 1 aromatic heterocycles. The quantitative estimate of drug-likeness (QED) is 0.907. The van der Waals surface area contributed by atoms with Crippen LogP contribution < -0.4 is 0 Å². The van der Waals surface area contributed by atoms with Crippen molar-refractivity contribution in [2.24, 2.45) is 5.92 Å². The van der Waals surface area contributed by atoms with Crippen molar-refractivity contribution < 1.29 is 9.84 Å². The Hall–Kier alpha value is -0.100. The molecular weight excluding hydrogens is 266 g/mol. The van der Waals surface area contributed by atoms with Gasteiger partial charge in [-0.2, -0.15) is 11.8 Å². The van der Waals surface area contributed by atoms with E-state index in [1.54, 1.807) is 11.3 Å². The zero-order chi connectivity index (χ0) is 12.6. The molecule has 2 aliphatic rings. The van der Waals surface area contributed by atoms with E-state index < -0.39 is 0 Å². The van der Waals surface area contributed by atoms with Gasteiger partial charge in [-0.05, 0) is 37.9 Å². The number of rotatable bonds is 2. The fourth-order valence-electron chi connectivity index (χ4n) is 3.01. The van der Waals surface area contributed by atoms with Crippen LogP contribution in [0.1, 0.15) is 35.9 Å². The molecule has 0 amide bonds. The molecule has 1 N–H and O–H groups in total. The minimum absolute atomic E-state index is 0.0488. The molecule has 3 atom stereocenters. The van der Waals surface area contributed by atoms with Gasteiger partial charge in [-0.1, -0.05) is 0 Å². The van der Waals surface area contributed by atoms with Crippen LogP contribution in [0.25, 0.3) is 0 Å². The maximum Gasteiger partial charge on any atom is 0.0930 e. The molecule has 0 aliphatic carbocycles. The molecule has 1 aromatic rings. The topological polar surface area (TPSA) is 42.4 Å². The lowest BCUT2D eigenvalue weighted by atomic mass is 9.82. The Morgan fingerprint density at radius 3 is 3.17 bits per heavy atom. The van der Waals surface area contributed by atoms with Gasteiger partial charge in [0.15, 0.2) is 0 Å². The fraction of sp³-hybridized carbons (Fsp3) is 0.769. The fourth-order valence-corrected chi connectivity index (χ4v) is 5.27. The summed E-state index contributed by atoms with van der Waals surface area (Å²) < 4.78 is 6.01. The van der Waals surface area contributed by atoms with Gasteiger partial charge in [-0.25, -0.2) is 4.98 Å². The summed E-state index contributed by atoms with van der Waals surface area (Å²) in [5, 5.41) is 10.6. The summed E-state index contributed by atoms with van der Waals surface area (Å²) in [7, 11) is 0. The smallest absolute Gasteiger partial charge is 0.0930 e. The molecule has 0 aromatic carbocycles. The molecule has 2 fully saturated rings. The minimum atomic E-state index is -0.358. The number of hydrogen-bond donors (Lipinski definition) is 1. The number of nitrogens with zero attached hydrogens (tertiary/aromatic N) is 1. The molecule has 5 heteroatoms. The van der Waals surface area contributed by atoms with Crippen LogP contribution in [-0.2, 0) is 4.74 Å². The van der Waals surface area contributed by atoms with Crippen LogP contribution >= 0.6 is 23.1 Å². The van der Waals surface area contributed by atoms with Crippen molar-refractivity contribution in [1.82, 2.24) is 4.98 Å². The van der Waals surface area contributed by atoms with Crippen molar-refractivity contribution in [3.63, 3.8) is 0 Å². The standard InChI is InChI=1S/C13H19NO2S2/c1-9-12(18-8-14-9)11(15)10-2-4-16-13(6-10)3-5-17-7-13/h8,10-11,15H,2-7H2,1H3. The maximum atomic E-state index is 10.6. The summed E-state index contributed by atoms with van der Waals surface area (Å²) in [6, 6.07) is 0. The highest BCUT2D eigenvalue weighted by Gasteiger charge is 2.42. The van der Waals surface area contributed by atoms with Gasteiger partial charge in [0.1, 0.15) is 0 Å². The average Bonchev–Trinajstić information content (AvgIpc) is 2.98. The molecule has 3 nitrogen and oxygen atoms in total. The molecule has 3 heterocycles.